The van der Waals surface area contributed by atoms with E-state index in [1.165, 1.54) is 12.1 Å². The van der Waals surface area contributed by atoms with E-state index >= 15 is 0 Å². The van der Waals surface area contributed by atoms with Crippen LogP contribution in [0.15, 0.2) is 22.7 Å². The molecule has 0 amide bonds. The fourth-order valence-electron chi connectivity index (χ4n) is 1.39. The Morgan fingerprint density at radius 1 is 1.35 bits per heavy atom. The maximum absolute atomic E-state index is 9.36. The van der Waals surface area contributed by atoms with Gasteiger partial charge in [0, 0.05) is 18.0 Å². The first kappa shape index (κ1) is 11.4. The number of phenols is 2. The van der Waals surface area contributed by atoms with Crippen LogP contribution in [-0.2, 0) is 6.42 Å². The van der Waals surface area contributed by atoms with Crippen LogP contribution in [0.5, 0.6) is 11.5 Å². The highest BCUT2D eigenvalue weighted by Gasteiger charge is 2.11. The van der Waals surface area contributed by atoms with Crippen molar-refractivity contribution in [3.8, 4) is 22.9 Å². The van der Waals surface area contributed by atoms with Crippen LogP contribution in [0.25, 0.3) is 11.4 Å². The molecule has 6 heteroatoms. The molecule has 1 aromatic heterocycles. The summed E-state index contributed by atoms with van der Waals surface area (Å²) in [5.41, 5.74) is 6.18. The normalized spacial score (nSPS) is 12.6. The minimum absolute atomic E-state index is 0.0588. The Balaban J connectivity index is 2.27. The third kappa shape index (κ3) is 2.54. The van der Waals surface area contributed by atoms with Crippen LogP contribution in [-0.4, -0.2) is 26.4 Å². The molecule has 0 radical (unpaired) electrons. The molecule has 2 aromatic rings. The van der Waals surface area contributed by atoms with E-state index in [0.717, 1.165) is 0 Å². The van der Waals surface area contributed by atoms with Gasteiger partial charge >= 0.3 is 0 Å². The van der Waals surface area contributed by atoms with Crippen LogP contribution in [0.1, 0.15) is 12.8 Å². The number of hydrogen-bond acceptors (Lipinski definition) is 6. The van der Waals surface area contributed by atoms with E-state index in [-0.39, 0.29) is 17.5 Å². The van der Waals surface area contributed by atoms with Crippen molar-refractivity contribution in [3.63, 3.8) is 0 Å². The van der Waals surface area contributed by atoms with E-state index in [2.05, 4.69) is 10.1 Å². The lowest BCUT2D eigenvalue weighted by atomic mass is 10.2. The van der Waals surface area contributed by atoms with Crippen molar-refractivity contribution in [1.82, 2.24) is 10.1 Å². The summed E-state index contributed by atoms with van der Waals surface area (Å²) >= 11 is 0. The number of rotatable bonds is 3. The molecule has 0 spiro atoms. The number of phenolic OH excluding ortho intramolecular Hbond substituents is 2. The number of nitrogens with zero attached hydrogens (tertiary/aromatic N) is 2. The van der Waals surface area contributed by atoms with Gasteiger partial charge in [-0.25, -0.2) is 0 Å². The van der Waals surface area contributed by atoms with E-state index in [1.54, 1.807) is 6.07 Å². The molecule has 17 heavy (non-hydrogen) atoms. The van der Waals surface area contributed by atoms with Crippen LogP contribution in [0.2, 0.25) is 0 Å². The van der Waals surface area contributed by atoms with E-state index < -0.39 is 0 Å². The highest BCUT2D eigenvalue weighted by Crippen LogP contribution is 2.29. The van der Waals surface area contributed by atoms with Crippen molar-refractivity contribution in [1.29, 1.82) is 0 Å². The minimum Gasteiger partial charge on any atom is -0.504 e. The fourth-order valence-corrected chi connectivity index (χ4v) is 1.39. The van der Waals surface area contributed by atoms with Crippen molar-refractivity contribution in [3.05, 3.63) is 24.1 Å². The molecule has 2 rings (SSSR count). The molecule has 1 unspecified atom stereocenters. The van der Waals surface area contributed by atoms with Gasteiger partial charge in [-0.2, -0.15) is 4.98 Å². The molecule has 0 aliphatic carbocycles. The second-order valence-corrected chi connectivity index (χ2v) is 3.90. The molecular weight excluding hydrogens is 222 g/mol. The number of hydrogen-bond donors (Lipinski definition) is 3. The molecule has 0 saturated carbocycles. The Labute approximate surface area is 97.7 Å². The zero-order valence-electron chi connectivity index (χ0n) is 9.29. The SMILES string of the molecule is CC(N)Cc1nc(-c2ccc(O)c(O)c2)no1. The van der Waals surface area contributed by atoms with Crippen molar-refractivity contribution in [2.24, 2.45) is 5.73 Å². The first-order chi connectivity index (χ1) is 8.06. The van der Waals surface area contributed by atoms with Crippen molar-refractivity contribution in [2.45, 2.75) is 19.4 Å². The van der Waals surface area contributed by atoms with Gasteiger partial charge in [0.05, 0.1) is 0 Å². The zero-order chi connectivity index (χ0) is 12.4. The van der Waals surface area contributed by atoms with E-state index in [4.69, 9.17) is 10.3 Å². The van der Waals surface area contributed by atoms with Crippen molar-refractivity contribution >= 4 is 0 Å². The molecule has 6 nitrogen and oxygen atoms in total. The first-order valence-electron chi connectivity index (χ1n) is 5.17. The molecule has 0 fully saturated rings. The van der Waals surface area contributed by atoms with Gasteiger partial charge in [0.25, 0.3) is 0 Å². The maximum Gasteiger partial charge on any atom is 0.228 e. The third-order valence-corrected chi connectivity index (χ3v) is 2.20. The summed E-state index contributed by atoms with van der Waals surface area (Å²) in [5, 5.41) is 22.3. The molecule has 0 aliphatic rings. The summed E-state index contributed by atoms with van der Waals surface area (Å²) in [6.45, 7) is 1.84. The van der Waals surface area contributed by atoms with E-state index in [1.807, 2.05) is 6.92 Å². The second-order valence-electron chi connectivity index (χ2n) is 3.90. The molecular formula is C11H13N3O3. The lowest BCUT2D eigenvalue weighted by molar-refractivity contribution is 0.372. The Morgan fingerprint density at radius 3 is 2.76 bits per heavy atom. The molecule has 0 aliphatic heterocycles. The van der Waals surface area contributed by atoms with Gasteiger partial charge in [-0.15, -0.1) is 0 Å². The monoisotopic (exact) mass is 235 g/mol. The number of aromatic nitrogens is 2. The van der Waals surface area contributed by atoms with Gasteiger partial charge in [0.2, 0.25) is 11.7 Å². The van der Waals surface area contributed by atoms with Crippen molar-refractivity contribution < 1.29 is 14.7 Å². The molecule has 4 N–H and O–H groups in total. The largest absolute Gasteiger partial charge is 0.504 e. The quantitative estimate of drug-likeness (QED) is 0.686. The topological polar surface area (TPSA) is 105 Å². The average molecular weight is 235 g/mol. The molecule has 0 bridgehead atoms. The standard InChI is InChI=1S/C11H13N3O3/c1-6(12)4-10-13-11(14-17-10)7-2-3-8(15)9(16)5-7/h2-3,5-6,15-16H,4,12H2,1H3. The summed E-state index contributed by atoms with van der Waals surface area (Å²) in [4.78, 5) is 4.14. The van der Waals surface area contributed by atoms with Crippen LogP contribution in [0, 0.1) is 0 Å². The lowest BCUT2D eigenvalue weighted by Gasteiger charge is -1.98. The zero-order valence-corrected chi connectivity index (χ0v) is 9.29. The molecule has 1 heterocycles. The summed E-state index contributed by atoms with van der Waals surface area (Å²) < 4.78 is 5.01. The van der Waals surface area contributed by atoms with Gasteiger partial charge in [-0.05, 0) is 25.1 Å². The van der Waals surface area contributed by atoms with Crippen molar-refractivity contribution in [2.75, 3.05) is 0 Å². The molecule has 0 saturated heterocycles. The third-order valence-electron chi connectivity index (χ3n) is 2.20. The minimum atomic E-state index is -0.221. The van der Waals surface area contributed by atoms with Gasteiger partial charge in [-0.3, -0.25) is 0 Å². The molecule has 1 atom stereocenters. The smallest absolute Gasteiger partial charge is 0.228 e. The highest BCUT2D eigenvalue weighted by atomic mass is 16.5. The predicted molar refractivity (Wildman–Crippen MR) is 60.4 cm³/mol. The van der Waals surface area contributed by atoms with E-state index in [0.29, 0.717) is 23.7 Å². The van der Waals surface area contributed by atoms with Gasteiger partial charge in [0.15, 0.2) is 11.5 Å². The Morgan fingerprint density at radius 2 is 2.12 bits per heavy atom. The average Bonchev–Trinajstić information content (AvgIpc) is 2.69. The Bertz CT molecular complexity index is 522. The molecule has 1 aromatic carbocycles. The van der Waals surface area contributed by atoms with Crippen LogP contribution < -0.4 is 5.73 Å². The molecule has 90 valence electrons. The van der Waals surface area contributed by atoms with Gasteiger partial charge in [0.1, 0.15) is 0 Å². The predicted octanol–water partition coefficient (Wildman–Crippen LogP) is 1.04. The lowest BCUT2D eigenvalue weighted by Crippen LogP contribution is -2.17. The Kier molecular flexibility index (Phi) is 2.97. The number of nitrogens with two attached hydrogens (primary N) is 1. The summed E-state index contributed by atoms with van der Waals surface area (Å²) in [7, 11) is 0. The van der Waals surface area contributed by atoms with Crippen LogP contribution in [0.4, 0.5) is 0 Å². The van der Waals surface area contributed by atoms with Crippen LogP contribution >= 0.6 is 0 Å². The highest BCUT2D eigenvalue weighted by molar-refractivity contribution is 5.59. The number of benzene rings is 1. The second kappa shape index (κ2) is 4.42. The fraction of sp³-hybridized carbons (Fsp3) is 0.273. The van der Waals surface area contributed by atoms with Gasteiger partial charge < -0.3 is 20.5 Å². The first-order valence-corrected chi connectivity index (χ1v) is 5.17. The number of aromatic hydroxyl groups is 2. The Hall–Kier alpha value is -2.08. The van der Waals surface area contributed by atoms with E-state index in [9.17, 15) is 10.2 Å². The van der Waals surface area contributed by atoms with Crippen LogP contribution in [0.3, 0.4) is 0 Å². The summed E-state index contributed by atoms with van der Waals surface area (Å²) in [5.74, 6) is 0.396. The maximum atomic E-state index is 9.36. The van der Waals surface area contributed by atoms with Gasteiger partial charge in [-0.1, -0.05) is 5.16 Å². The summed E-state index contributed by atoms with van der Waals surface area (Å²) in [6, 6.07) is 4.27. The summed E-state index contributed by atoms with van der Waals surface area (Å²) in [6.07, 6.45) is 0.497.